The fourth-order valence-electron chi connectivity index (χ4n) is 4.12. The summed E-state index contributed by atoms with van der Waals surface area (Å²) in [5.74, 6) is -0.229. The maximum Gasteiger partial charge on any atom is 0.325 e. The minimum atomic E-state index is -1.17. The second kappa shape index (κ2) is 9.89. The number of amides is 3. The summed E-state index contributed by atoms with van der Waals surface area (Å²) in [6.07, 6.45) is 3.26. The van der Waals surface area contributed by atoms with Crippen LogP contribution in [-0.4, -0.2) is 49.6 Å². The maximum atomic E-state index is 12.9. The Morgan fingerprint density at radius 1 is 1.21 bits per heavy atom. The lowest BCUT2D eigenvalue weighted by atomic mass is 9.83. The van der Waals surface area contributed by atoms with Crippen LogP contribution in [0.5, 0.6) is 0 Å². The summed E-state index contributed by atoms with van der Waals surface area (Å²) in [5.41, 5.74) is -0.443. The van der Waals surface area contributed by atoms with Gasteiger partial charge in [-0.25, -0.2) is 4.79 Å². The van der Waals surface area contributed by atoms with Gasteiger partial charge in [0.1, 0.15) is 5.54 Å². The Hall–Kier alpha value is -2.12. The van der Waals surface area contributed by atoms with Gasteiger partial charge in [0, 0.05) is 13.0 Å². The van der Waals surface area contributed by atoms with Crippen LogP contribution in [0.25, 0.3) is 0 Å². The quantitative estimate of drug-likeness (QED) is 0.532. The highest BCUT2D eigenvalue weighted by Crippen LogP contribution is 2.38. The first kappa shape index (κ1) is 22.2. The standard InChI is InChI=1S/C20H27N3O4.ClH/c1-27-17(24)7-11-20(16-5-3-2-4-6-16)18(25)22-19(26)23(20)14-10-15-8-12-21-13-9-15;/h2-6,15,21H,7-14H2,1H3,(H,22,25,26);1H. The van der Waals surface area contributed by atoms with Gasteiger partial charge in [-0.05, 0) is 50.3 Å². The first-order valence-corrected chi connectivity index (χ1v) is 9.54. The van der Waals surface area contributed by atoms with Crippen LogP contribution in [0, 0.1) is 5.92 Å². The smallest absolute Gasteiger partial charge is 0.325 e. The molecule has 1 atom stereocenters. The van der Waals surface area contributed by atoms with E-state index in [9.17, 15) is 14.4 Å². The average molecular weight is 410 g/mol. The van der Waals surface area contributed by atoms with E-state index in [1.807, 2.05) is 30.3 Å². The number of benzene rings is 1. The molecule has 2 aliphatic rings. The van der Waals surface area contributed by atoms with Crippen LogP contribution >= 0.6 is 12.4 Å². The summed E-state index contributed by atoms with van der Waals surface area (Å²) in [7, 11) is 1.33. The molecule has 0 spiro atoms. The van der Waals surface area contributed by atoms with Crippen molar-refractivity contribution >= 4 is 30.3 Å². The Balaban J connectivity index is 0.00000280. The summed E-state index contributed by atoms with van der Waals surface area (Å²) in [5, 5.41) is 5.81. The number of urea groups is 1. The Morgan fingerprint density at radius 3 is 2.54 bits per heavy atom. The molecule has 2 heterocycles. The number of hydrogen-bond donors (Lipinski definition) is 2. The number of esters is 1. The molecule has 8 heteroatoms. The molecule has 1 unspecified atom stereocenters. The van der Waals surface area contributed by atoms with Crippen molar-refractivity contribution in [3.8, 4) is 0 Å². The van der Waals surface area contributed by atoms with Crippen LogP contribution in [0.2, 0.25) is 0 Å². The summed E-state index contributed by atoms with van der Waals surface area (Å²) >= 11 is 0. The summed E-state index contributed by atoms with van der Waals surface area (Å²) in [4.78, 5) is 39.0. The summed E-state index contributed by atoms with van der Waals surface area (Å²) in [6.45, 7) is 2.46. The Bertz CT molecular complexity index is 694. The van der Waals surface area contributed by atoms with Gasteiger partial charge in [0.05, 0.1) is 7.11 Å². The number of halogens is 1. The van der Waals surface area contributed by atoms with E-state index in [4.69, 9.17) is 4.74 Å². The van der Waals surface area contributed by atoms with E-state index in [0.717, 1.165) is 37.9 Å². The van der Waals surface area contributed by atoms with Crippen LogP contribution in [0.3, 0.4) is 0 Å². The number of carbonyl (C=O) groups excluding carboxylic acids is 3. The van der Waals surface area contributed by atoms with Gasteiger partial charge in [0.2, 0.25) is 0 Å². The van der Waals surface area contributed by atoms with Crippen molar-refractivity contribution < 1.29 is 19.1 Å². The van der Waals surface area contributed by atoms with Crippen molar-refractivity contribution in [2.45, 2.75) is 37.6 Å². The van der Waals surface area contributed by atoms with Gasteiger partial charge >= 0.3 is 12.0 Å². The molecular formula is C20H28ClN3O4. The van der Waals surface area contributed by atoms with E-state index in [1.165, 1.54) is 7.11 Å². The Morgan fingerprint density at radius 2 is 1.89 bits per heavy atom. The van der Waals surface area contributed by atoms with Crippen LogP contribution in [-0.2, 0) is 19.9 Å². The van der Waals surface area contributed by atoms with Crippen molar-refractivity contribution in [2.75, 3.05) is 26.7 Å². The van der Waals surface area contributed by atoms with Gasteiger partial charge < -0.3 is 15.0 Å². The Kier molecular flexibility index (Phi) is 7.83. The van der Waals surface area contributed by atoms with Gasteiger partial charge in [-0.1, -0.05) is 30.3 Å². The fraction of sp³-hybridized carbons (Fsp3) is 0.550. The molecule has 0 bridgehead atoms. The monoisotopic (exact) mass is 409 g/mol. The number of imide groups is 1. The number of nitrogens with one attached hydrogen (secondary N) is 2. The number of carbonyl (C=O) groups is 3. The molecule has 3 rings (SSSR count). The first-order valence-electron chi connectivity index (χ1n) is 9.54. The lowest BCUT2D eigenvalue weighted by Gasteiger charge is -2.37. The molecule has 154 valence electrons. The molecule has 0 radical (unpaired) electrons. The molecule has 0 aromatic heterocycles. The average Bonchev–Trinajstić information content (AvgIpc) is 2.95. The topological polar surface area (TPSA) is 87.7 Å². The second-order valence-electron chi connectivity index (χ2n) is 7.20. The van der Waals surface area contributed by atoms with Crippen molar-refractivity contribution in [1.82, 2.24) is 15.5 Å². The van der Waals surface area contributed by atoms with Gasteiger partial charge in [0.15, 0.2) is 0 Å². The van der Waals surface area contributed by atoms with Crippen LogP contribution in [0.1, 0.15) is 37.7 Å². The van der Waals surface area contributed by atoms with Crippen molar-refractivity contribution in [3.63, 3.8) is 0 Å². The van der Waals surface area contributed by atoms with Gasteiger partial charge in [-0.3, -0.25) is 14.9 Å². The molecule has 2 N–H and O–H groups in total. The largest absolute Gasteiger partial charge is 0.469 e. The number of methoxy groups -OCH3 is 1. The summed E-state index contributed by atoms with van der Waals surface area (Å²) < 4.78 is 4.76. The fourth-order valence-corrected chi connectivity index (χ4v) is 4.12. The molecule has 2 aliphatic heterocycles. The predicted molar refractivity (Wildman–Crippen MR) is 107 cm³/mol. The van der Waals surface area contributed by atoms with Gasteiger partial charge in [0.25, 0.3) is 5.91 Å². The van der Waals surface area contributed by atoms with E-state index < -0.39 is 11.5 Å². The zero-order chi connectivity index (χ0) is 19.3. The second-order valence-corrected chi connectivity index (χ2v) is 7.20. The lowest BCUT2D eigenvalue weighted by Crippen LogP contribution is -2.48. The van der Waals surface area contributed by atoms with Crippen molar-refractivity contribution in [1.29, 1.82) is 0 Å². The van der Waals surface area contributed by atoms with Gasteiger partial charge in [-0.2, -0.15) is 0 Å². The zero-order valence-electron chi connectivity index (χ0n) is 16.1. The van der Waals surface area contributed by atoms with E-state index in [2.05, 4.69) is 10.6 Å². The van der Waals surface area contributed by atoms with Crippen LogP contribution in [0.15, 0.2) is 30.3 Å². The Labute approximate surface area is 171 Å². The van der Waals surface area contributed by atoms with Crippen molar-refractivity contribution in [2.24, 2.45) is 5.92 Å². The highest BCUT2D eigenvalue weighted by Gasteiger charge is 2.53. The molecule has 2 saturated heterocycles. The molecule has 1 aromatic rings. The molecule has 1 aromatic carbocycles. The minimum Gasteiger partial charge on any atom is -0.469 e. The molecular weight excluding hydrogens is 382 g/mol. The molecule has 28 heavy (non-hydrogen) atoms. The van der Waals surface area contributed by atoms with E-state index in [1.54, 1.807) is 4.90 Å². The van der Waals surface area contributed by atoms with E-state index >= 15 is 0 Å². The summed E-state index contributed by atoms with van der Waals surface area (Å²) in [6, 6.07) is 8.85. The highest BCUT2D eigenvalue weighted by atomic mass is 35.5. The number of rotatable bonds is 7. The minimum absolute atomic E-state index is 0. The SMILES string of the molecule is COC(=O)CCC1(c2ccccc2)C(=O)NC(=O)N1CCC1CCNCC1.Cl. The van der Waals surface area contributed by atoms with E-state index in [0.29, 0.717) is 12.5 Å². The number of hydrogen-bond acceptors (Lipinski definition) is 5. The third kappa shape index (κ3) is 4.47. The zero-order valence-corrected chi connectivity index (χ0v) is 16.9. The molecule has 3 amide bonds. The predicted octanol–water partition coefficient (Wildman–Crippen LogP) is 2.20. The normalized spacial score (nSPS) is 22.5. The third-order valence-corrected chi connectivity index (χ3v) is 5.69. The number of piperidine rings is 1. The van der Waals surface area contributed by atoms with Crippen LogP contribution in [0.4, 0.5) is 4.79 Å². The number of ether oxygens (including phenoxy) is 1. The third-order valence-electron chi connectivity index (χ3n) is 5.69. The molecule has 7 nitrogen and oxygen atoms in total. The van der Waals surface area contributed by atoms with Crippen LogP contribution < -0.4 is 10.6 Å². The molecule has 0 saturated carbocycles. The van der Waals surface area contributed by atoms with Crippen molar-refractivity contribution in [3.05, 3.63) is 35.9 Å². The van der Waals surface area contributed by atoms with Gasteiger partial charge in [-0.15, -0.1) is 12.4 Å². The first-order chi connectivity index (χ1) is 13.1. The molecule has 2 fully saturated rings. The maximum absolute atomic E-state index is 12.9. The van der Waals surface area contributed by atoms with E-state index in [-0.39, 0.29) is 37.2 Å². The highest BCUT2D eigenvalue weighted by molar-refractivity contribution is 6.07. The number of nitrogens with zero attached hydrogens (tertiary/aromatic N) is 1. The molecule has 0 aliphatic carbocycles. The lowest BCUT2D eigenvalue weighted by molar-refractivity contribution is -0.141.